The topological polar surface area (TPSA) is 99.8 Å². The maximum atomic E-state index is 12.7. The van der Waals surface area contributed by atoms with Crippen LogP contribution in [0.4, 0.5) is 29.3 Å². The van der Waals surface area contributed by atoms with Gasteiger partial charge < -0.3 is 15.0 Å². The molecule has 35 heavy (non-hydrogen) atoms. The fraction of sp³-hybridized carbons (Fsp3) is 0.375. The first-order valence-electron chi connectivity index (χ1n) is 10.8. The summed E-state index contributed by atoms with van der Waals surface area (Å²) in [6.07, 6.45) is -4.54. The second-order valence-corrected chi connectivity index (χ2v) is 8.75. The van der Waals surface area contributed by atoms with Gasteiger partial charge in [-0.3, -0.25) is 20.4 Å². The van der Waals surface area contributed by atoms with Gasteiger partial charge in [0.1, 0.15) is 5.60 Å². The first-order valence-corrected chi connectivity index (χ1v) is 10.8. The fourth-order valence-corrected chi connectivity index (χ4v) is 2.85. The second-order valence-electron chi connectivity index (χ2n) is 8.75. The lowest BCUT2D eigenvalue weighted by Crippen LogP contribution is -2.42. The molecule has 0 aliphatic carbocycles. The summed E-state index contributed by atoms with van der Waals surface area (Å²) in [6, 6.07) is 10.7. The standard InChI is InChI=1S/C24H29F3N4O4/c1-23(2,3)35-22(34)31(4)15-7-10-20(32)29-30-21(33)18-8-5-6-9-19(18)28-17-13-11-16(12-14-17)24(25,26)27/h5-6,8-9,11-14,28H,7,10,15H2,1-4H3,(H,29,32)(H,30,33). The number of hydrogen-bond donors (Lipinski definition) is 3. The van der Waals surface area contributed by atoms with Crippen LogP contribution in [0.1, 0.15) is 49.5 Å². The van der Waals surface area contributed by atoms with Crippen molar-refractivity contribution in [1.82, 2.24) is 15.8 Å². The van der Waals surface area contributed by atoms with Crippen LogP contribution in [0.3, 0.4) is 0 Å². The van der Waals surface area contributed by atoms with Crippen molar-refractivity contribution in [3.8, 4) is 0 Å². The summed E-state index contributed by atoms with van der Waals surface area (Å²) < 4.78 is 43.5. The minimum absolute atomic E-state index is 0.0544. The molecule has 0 unspecified atom stereocenters. The van der Waals surface area contributed by atoms with Crippen molar-refractivity contribution < 1.29 is 32.3 Å². The highest BCUT2D eigenvalue weighted by atomic mass is 19.4. The average molecular weight is 495 g/mol. The molecule has 3 N–H and O–H groups in total. The minimum atomic E-state index is -4.44. The highest BCUT2D eigenvalue weighted by Gasteiger charge is 2.30. The number of amides is 3. The number of halogens is 3. The van der Waals surface area contributed by atoms with Crippen LogP contribution in [0.5, 0.6) is 0 Å². The Hall–Kier alpha value is -3.76. The lowest BCUT2D eigenvalue weighted by molar-refractivity contribution is -0.137. The molecule has 11 heteroatoms. The predicted molar refractivity (Wildman–Crippen MR) is 125 cm³/mol. The molecule has 0 aliphatic heterocycles. The molecular weight excluding hydrogens is 465 g/mol. The van der Waals surface area contributed by atoms with Gasteiger partial charge in [-0.15, -0.1) is 0 Å². The lowest BCUT2D eigenvalue weighted by Gasteiger charge is -2.24. The SMILES string of the molecule is CN(CCCC(=O)NNC(=O)c1ccccc1Nc1ccc(C(F)(F)F)cc1)C(=O)OC(C)(C)C. The zero-order valence-corrected chi connectivity index (χ0v) is 20.0. The molecule has 2 rings (SSSR count). The number of carbonyl (C=O) groups excluding carboxylic acids is 3. The van der Waals surface area contributed by atoms with E-state index in [1.54, 1.807) is 46.0 Å². The van der Waals surface area contributed by atoms with E-state index in [-0.39, 0.29) is 18.5 Å². The molecule has 3 amide bonds. The molecule has 0 aromatic heterocycles. The number of para-hydroxylation sites is 1. The van der Waals surface area contributed by atoms with Gasteiger partial charge in [0.15, 0.2) is 0 Å². The molecule has 0 bridgehead atoms. The molecule has 0 atom stereocenters. The summed E-state index contributed by atoms with van der Waals surface area (Å²) in [5.41, 5.74) is 4.10. The summed E-state index contributed by atoms with van der Waals surface area (Å²) in [5, 5.41) is 2.90. The largest absolute Gasteiger partial charge is 0.444 e. The highest BCUT2D eigenvalue weighted by Crippen LogP contribution is 2.30. The Morgan fingerprint density at radius 3 is 2.17 bits per heavy atom. The summed E-state index contributed by atoms with van der Waals surface area (Å²) in [5.74, 6) is -1.07. The first kappa shape index (κ1) is 27.5. The van der Waals surface area contributed by atoms with Crippen molar-refractivity contribution in [2.45, 2.75) is 45.4 Å². The molecule has 0 fully saturated rings. The van der Waals surface area contributed by atoms with E-state index in [9.17, 15) is 27.6 Å². The Balaban J connectivity index is 1.87. The molecule has 0 heterocycles. The normalized spacial score (nSPS) is 11.4. The summed E-state index contributed by atoms with van der Waals surface area (Å²) >= 11 is 0. The van der Waals surface area contributed by atoms with E-state index in [0.29, 0.717) is 17.8 Å². The van der Waals surface area contributed by atoms with Crippen LogP contribution in [0.25, 0.3) is 0 Å². The number of nitrogens with one attached hydrogen (secondary N) is 3. The number of ether oxygens (including phenoxy) is 1. The third kappa shape index (κ3) is 9.19. The highest BCUT2D eigenvalue weighted by molar-refractivity contribution is 6.01. The Bertz CT molecular complexity index is 1030. The van der Waals surface area contributed by atoms with Crippen LogP contribution in [-0.2, 0) is 15.7 Å². The summed E-state index contributed by atoms with van der Waals surface area (Å²) in [7, 11) is 1.56. The monoisotopic (exact) mass is 494 g/mol. The minimum Gasteiger partial charge on any atom is -0.444 e. The second kappa shape index (κ2) is 11.6. The number of nitrogens with zero attached hydrogens (tertiary/aromatic N) is 1. The molecule has 0 saturated heterocycles. The van der Waals surface area contributed by atoms with E-state index in [0.717, 1.165) is 12.1 Å². The van der Waals surface area contributed by atoms with Crippen molar-refractivity contribution >= 4 is 29.3 Å². The molecule has 0 saturated carbocycles. The number of benzene rings is 2. The van der Waals surface area contributed by atoms with Crippen LogP contribution in [-0.4, -0.2) is 42.0 Å². The fourth-order valence-electron chi connectivity index (χ4n) is 2.85. The molecule has 2 aromatic carbocycles. The molecule has 0 aliphatic rings. The van der Waals surface area contributed by atoms with Gasteiger partial charge in [-0.05, 0) is 63.6 Å². The van der Waals surface area contributed by atoms with E-state index in [2.05, 4.69) is 16.2 Å². The van der Waals surface area contributed by atoms with Crippen LogP contribution in [0.2, 0.25) is 0 Å². The molecular formula is C24H29F3N4O4. The van der Waals surface area contributed by atoms with Crippen LogP contribution >= 0.6 is 0 Å². The van der Waals surface area contributed by atoms with Gasteiger partial charge in [-0.25, -0.2) is 4.79 Å². The number of anilines is 2. The zero-order valence-electron chi connectivity index (χ0n) is 20.0. The average Bonchev–Trinajstić information content (AvgIpc) is 2.76. The van der Waals surface area contributed by atoms with Crippen molar-refractivity contribution in [3.63, 3.8) is 0 Å². The summed E-state index contributed by atoms with van der Waals surface area (Å²) in [6.45, 7) is 5.56. The Morgan fingerprint density at radius 1 is 0.943 bits per heavy atom. The predicted octanol–water partition coefficient (Wildman–Crippen LogP) is 4.86. The van der Waals surface area contributed by atoms with Crippen molar-refractivity contribution in [2.75, 3.05) is 18.9 Å². The van der Waals surface area contributed by atoms with E-state index in [1.807, 2.05) is 0 Å². The lowest BCUT2D eigenvalue weighted by atomic mass is 10.1. The molecule has 0 spiro atoms. The van der Waals surface area contributed by atoms with E-state index >= 15 is 0 Å². The first-order chi connectivity index (χ1) is 16.3. The number of carbonyl (C=O) groups is 3. The third-order valence-corrected chi connectivity index (χ3v) is 4.58. The molecule has 8 nitrogen and oxygen atoms in total. The van der Waals surface area contributed by atoms with Gasteiger partial charge >= 0.3 is 12.3 Å². The quantitative estimate of drug-likeness (QED) is 0.478. The van der Waals surface area contributed by atoms with E-state index in [1.165, 1.54) is 23.1 Å². The molecule has 190 valence electrons. The van der Waals surface area contributed by atoms with Gasteiger partial charge in [-0.1, -0.05) is 12.1 Å². The maximum absolute atomic E-state index is 12.7. The Kier molecular flexibility index (Phi) is 9.10. The van der Waals surface area contributed by atoms with Gasteiger partial charge in [0.05, 0.1) is 16.8 Å². The van der Waals surface area contributed by atoms with Crippen LogP contribution in [0.15, 0.2) is 48.5 Å². The van der Waals surface area contributed by atoms with Crippen LogP contribution in [0, 0.1) is 0 Å². The molecule has 2 aromatic rings. The smallest absolute Gasteiger partial charge is 0.416 e. The van der Waals surface area contributed by atoms with Crippen molar-refractivity contribution in [1.29, 1.82) is 0 Å². The van der Waals surface area contributed by atoms with E-state index < -0.39 is 35.2 Å². The van der Waals surface area contributed by atoms with E-state index in [4.69, 9.17) is 4.74 Å². The van der Waals surface area contributed by atoms with Gasteiger partial charge in [0, 0.05) is 25.7 Å². The third-order valence-electron chi connectivity index (χ3n) is 4.58. The number of alkyl halides is 3. The summed E-state index contributed by atoms with van der Waals surface area (Å²) in [4.78, 5) is 37.9. The Morgan fingerprint density at radius 2 is 1.57 bits per heavy atom. The van der Waals surface area contributed by atoms with Gasteiger partial charge in [0.2, 0.25) is 5.91 Å². The van der Waals surface area contributed by atoms with Gasteiger partial charge in [-0.2, -0.15) is 13.2 Å². The van der Waals surface area contributed by atoms with Gasteiger partial charge in [0.25, 0.3) is 5.91 Å². The Labute approximate surface area is 201 Å². The van der Waals surface area contributed by atoms with Crippen LogP contribution < -0.4 is 16.2 Å². The molecule has 0 radical (unpaired) electrons. The van der Waals surface area contributed by atoms with Crippen molar-refractivity contribution in [2.24, 2.45) is 0 Å². The van der Waals surface area contributed by atoms with Crippen molar-refractivity contribution in [3.05, 3.63) is 59.7 Å². The number of hydrazine groups is 1. The zero-order chi connectivity index (χ0) is 26.2. The number of rotatable bonds is 7. The number of hydrogen-bond acceptors (Lipinski definition) is 5. The maximum Gasteiger partial charge on any atom is 0.416 e.